The monoisotopic (exact) mass is 251 g/mol. The highest BCUT2D eigenvalue weighted by Gasteiger charge is 2.16. The Kier molecular flexibility index (Phi) is 3.43. The Bertz CT molecular complexity index is 505. The third kappa shape index (κ3) is 2.31. The number of H-pyrrole nitrogens is 1. The van der Waals surface area contributed by atoms with Gasteiger partial charge in [-0.1, -0.05) is 6.92 Å². The minimum absolute atomic E-state index is 0.488. The average molecular weight is 251 g/mol. The third-order valence-electron chi connectivity index (χ3n) is 2.40. The number of ether oxygens (including phenoxy) is 1. The average Bonchev–Trinajstić information content (AvgIpc) is 2.96. The Balaban J connectivity index is 2.39. The number of methoxy groups -OCH3 is 1. The molecular weight excluding hydrogens is 238 g/mol. The zero-order valence-electron chi connectivity index (χ0n) is 9.61. The van der Waals surface area contributed by atoms with Crippen molar-refractivity contribution in [2.24, 2.45) is 0 Å². The van der Waals surface area contributed by atoms with Crippen LogP contribution < -0.4 is 5.32 Å². The number of carbonyl (C=O) groups is 1. The molecule has 17 heavy (non-hydrogen) atoms. The fourth-order valence-electron chi connectivity index (χ4n) is 1.53. The number of aromatic amines is 1. The summed E-state index contributed by atoms with van der Waals surface area (Å²) in [7, 11) is 1.34. The molecule has 0 fully saturated rings. The molecule has 0 aromatic carbocycles. The molecule has 0 bridgehead atoms. The van der Waals surface area contributed by atoms with Crippen LogP contribution in [-0.4, -0.2) is 23.4 Å². The van der Waals surface area contributed by atoms with E-state index in [-0.39, 0.29) is 0 Å². The van der Waals surface area contributed by atoms with Gasteiger partial charge in [0.15, 0.2) is 0 Å². The van der Waals surface area contributed by atoms with Crippen molar-refractivity contribution in [2.45, 2.75) is 13.3 Å². The highest BCUT2D eigenvalue weighted by Crippen LogP contribution is 2.30. The predicted molar refractivity (Wildman–Crippen MR) is 67.3 cm³/mol. The minimum atomic E-state index is -0.488. The Morgan fingerprint density at radius 3 is 3.06 bits per heavy atom. The normalized spacial score (nSPS) is 10.2. The predicted octanol–water partition coefficient (Wildman–Crippen LogP) is 2.88. The summed E-state index contributed by atoms with van der Waals surface area (Å²) in [5.41, 5.74) is 3.31. The molecule has 2 N–H and O–H groups in total. The first-order valence-electron chi connectivity index (χ1n) is 5.21. The van der Waals surface area contributed by atoms with Crippen LogP contribution in [0.2, 0.25) is 0 Å². The Morgan fingerprint density at radius 2 is 2.47 bits per heavy atom. The number of nitrogens with zero attached hydrogens (tertiary/aromatic N) is 1. The lowest BCUT2D eigenvalue weighted by Crippen LogP contribution is -2.12. The molecule has 6 heteroatoms. The Morgan fingerprint density at radius 1 is 1.65 bits per heavy atom. The molecule has 2 aromatic heterocycles. The second-order valence-electron chi connectivity index (χ2n) is 3.41. The lowest BCUT2D eigenvalue weighted by Gasteiger charge is -2.05. The molecule has 0 radical (unpaired) electrons. The first kappa shape index (κ1) is 11.7. The Labute approximate surface area is 103 Å². The van der Waals surface area contributed by atoms with Crippen LogP contribution in [0.3, 0.4) is 0 Å². The van der Waals surface area contributed by atoms with E-state index in [0.717, 1.165) is 23.4 Å². The molecule has 0 saturated carbocycles. The molecule has 0 aliphatic carbocycles. The summed E-state index contributed by atoms with van der Waals surface area (Å²) in [4.78, 5) is 11.3. The minimum Gasteiger partial charge on any atom is -0.453 e. The summed E-state index contributed by atoms with van der Waals surface area (Å²) in [5.74, 6) is 0. The van der Waals surface area contributed by atoms with Gasteiger partial charge in [0.2, 0.25) is 0 Å². The maximum absolute atomic E-state index is 11.3. The van der Waals surface area contributed by atoms with E-state index in [1.165, 1.54) is 7.11 Å². The van der Waals surface area contributed by atoms with Crippen LogP contribution in [0.5, 0.6) is 0 Å². The molecule has 0 spiro atoms. The molecule has 2 heterocycles. The lowest BCUT2D eigenvalue weighted by atomic mass is 10.2. The van der Waals surface area contributed by atoms with E-state index in [4.69, 9.17) is 0 Å². The molecule has 0 atom stereocenters. The van der Waals surface area contributed by atoms with Crippen LogP contribution in [0.4, 0.5) is 10.5 Å². The van der Waals surface area contributed by atoms with Gasteiger partial charge in [-0.25, -0.2) is 4.79 Å². The quantitative estimate of drug-likeness (QED) is 0.881. The maximum Gasteiger partial charge on any atom is 0.411 e. The van der Waals surface area contributed by atoms with Gasteiger partial charge in [-0.2, -0.15) is 16.4 Å². The SMILES string of the molecule is CCc1[nH]nc(-c2ccsc2)c1NC(=O)OC. The van der Waals surface area contributed by atoms with Crippen molar-refractivity contribution in [1.82, 2.24) is 10.2 Å². The topological polar surface area (TPSA) is 67.0 Å². The van der Waals surface area contributed by atoms with Crippen LogP contribution >= 0.6 is 11.3 Å². The number of anilines is 1. The lowest BCUT2D eigenvalue weighted by molar-refractivity contribution is 0.187. The highest BCUT2D eigenvalue weighted by molar-refractivity contribution is 7.08. The number of hydrogen-bond donors (Lipinski definition) is 2. The summed E-state index contributed by atoms with van der Waals surface area (Å²) < 4.78 is 4.61. The fourth-order valence-corrected chi connectivity index (χ4v) is 2.17. The van der Waals surface area contributed by atoms with Gasteiger partial charge in [-0.05, 0) is 17.9 Å². The van der Waals surface area contributed by atoms with Gasteiger partial charge in [0.1, 0.15) is 5.69 Å². The summed E-state index contributed by atoms with van der Waals surface area (Å²) in [6, 6.07) is 1.96. The summed E-state index contributed by atoms with van der Waals surface area (Å²) >= 11 is 1.59. The molecule has 0 saturated heterocycles. The second kappa shape index (κ2) is 5.01. The number of aryl methyl sites for hydroxylation is 1. The molecule has 5 nitrogen and oxygen atoms in total. The van der Waals surface area contributed by atoms with Crippen molar-refractivity contribution in [3.63, 3.8) is 0 Å². The fraction of sp³-hybridized carbons (Fsp3) is 0.273. The highest BCUT2D eigenvalue weighted by atomic mass is 32.1. The van der Waals surface area contributed by atoms with Crippen molar-refractivity contribution < 1.29 is 9.53 Å². The smallest absolute Gasteiger partial charge is 0.411 e. The van der Waals surface area contributed by atoms with Crippen LogP contribution in [-0.2, 0) is 11.2 Å². The van der Waals surface area contributed by atoms with Crippen molar-refractivity contribution in [3.05, 3.63) is 22.5 Å². The summed E-state index contributed by atoms with van der Waals surface area (Å²) in [6.45, 7) is 1.99. The maximum atomic E-state index is 11.3. The van der Waals surface area contributed by atoms with Crippen molar-refractivity contribution in [3.8, 4) is 11.3 Å². The molecule has 1 amide bonds. The van der Waals surface area contributed by atoms with E-state index in [1.54, 1.807) is 11.3 Å². The molecule has 0 aliphatic heterocycles. The Hall–Kier alpha value is -1.82. The van der Waals surface area contributed by atoms with Gasteiger partial charge < -0.3 is 4.74 Å². The van der Waals surface area contributed by atoms with Gasteiger partial charge in [-0.3, -0.25) is 10.4 Å². The standard InChI is InChI=1S/C11H13N3O2S/c1-3-8-10(12-11(15)16-2)9(14-13-8)7-4-5-17-6-7/h4-6H,3H2,1-2H3,(H,12,15)(H,13,14). The number of hydrogen-bond acceptors (Lipinski definition) is 4. The van der Waals surface area contributed by atoms with E-state index in [1.807, 2.05) is 23.8 Å². The zero-order valence-corrected chi connectivity index (χ0v) is 10.4. The van der Waals surface area contributed by atoms with Crippen LogP contribution in [0, 0.1) is 0 Å². The second-order valence-corrected chi connectivity index (χ2v) is 4.19. The van der Waals surface area contributed by atoms with Crippen LogP contribution in [0.25, 0.3) is 11.3 Å². The van der Waals surface area contributed by atoms with Crippen molar-refractivity contribution in [2.75, 3.05) is 12.4 Å². The van der Waals surface area contributed by atoms with Crippen molar-refractivity contribution >= 4 is 23.1 Å². The van der Waals surface area contributed by atoms with E-state index in [2.05, 4.69) is 20.3 Å². The van der Waals surface area contributed by atoms with Gasteiger partial charge in [0, 0.05) is 10.9 Å². The first-order valence-corrected chi connectivity index (χ1v) is 6.15. The van der Waals surface area contributed by atoms with Crippen molar-refractivity contribution in [1.29, 1.82) is 0 Å². The number of nitrogens with one attached hydrogen (secondary N) is 2. The zero-order chi connectivity index (χ0) is 12.3. The van der Waals surface area contributed by atoms with Gasteiger partial charge in [0.05, 0.1) is 18.5 Å². The molecule has 0 unspecified atom stereocenters. The van der Waals surface area contributed by atoms with Gasteiger partial charge in [0.25, 0.3) is 0 Å². The molecule has 90 valence electrons. The van der Waals surface area contributed by atoms with E-state index >= 15 is 0 Å². The van der Waals surface area contributed by atoms with E-state index in [9.17, 15) is 4.79 Å². The third-order valence-corrected chi connectivity index (χ3v) is 3.09. The molecular formula is C11H13N3O2S. The van der Waals surface area contributed by atoms with Crippen LogP contribution in [0.1, 0.15) is 12.6 Å². The summed E-state index contributed by atoms with van der Waals surface area (Å²) in [6.07, 6.45) is 0.272. The molecule has 2 aromatic rings. The number of amides is 1. The van der Waals surface area contributed by atoms with Crippen LogP contribution in [0.15, 0.2) is 16.8 Å². The number of thiophene rings is 1. The number of aromatic nitrogens is 2. The number of carbonyl (C=O) groups excluding carboxylic acids is 1. The summed E-state index contributed by atoms with van der Waals surface area (Å²) in [5, 5.41) is 13.8. The number of rotatable bonds is 3. The van der Waals surface area contributed by atoms with E-state index < -0.39 is 6.09 Å². The van der Waals surface area contributed by atoms with E-state index in [0.29, 0.717) is 5.69 Å². The van der Waals surface area contributed by atoms with Gasteiger partial charge >= 0.3 is 6.09 Å². The largest absolute Gasteiger partial charge is 0.453 e. The first-order chi connectivity index (χ1) is 8.26. The van der Waals surface area contributed by atoms with Gasteiger partial charge in [-0.15, -0.1) is 0 Å². The molecule has 2 rings (SSSR count). The molecule has 0 aliphatic rings.